The van der Waals surface area contributed by atoms with E-state index in [0.717, 1.165) is 18.7 Å². The molecule has 0 N–H and O–H groups in total. The Bertz CT molecular complexity index is 313. The summed E-state index contributed by atoms with van der Waals surface area (Å²) < 4.78 is 0. The van der Waals surface area contributed by atoms with E-state index in [9.17, 15) is 9.59 Å². The Morgan fingerprint density at radius 1 is 1.12 bits per heavy atom. The van der Waals surface area contributed by atoms with Crippen LogP contribution in [-0.2, 0) is 4.79 Å². The zero-order valence-corrected chi connectivity index (χ0v) is 11.6. The fraction of sp³-hybridized carbons (Fsp3) is 0.667. The molecule has 0 saturated carbocycles. The van der Waals surface area contributed by atoms with Crippen molar-refractivity contribution in [3.8, 4) is 0 Å². The summed E-state index contributed by atoms with van der Waals surface area (Å²) in [4.78, 5) is 27.7. The minimum Gasteiger partial charge on any atom is -0.327 e. The minimum absolute atomic E-state index is 0.0542. The van der Waals surface area contributed by atoms with E-state index in [-0.39, 0.29) is 11.9 Å². The molecule has 98 valence electrons. The lowest BCUT2D eigenvalue weighted by atomic mass is 10.4. The van der Waals surface area contributed by atoms with Crippen molar-refractivity contribution in [2.24, 2.45) is 0 Å². The summed E-state index contributed by atoms with van der Waals surface area (Å²) >= 11 is 0. The maximum Gasteiger partial charge on any atom is 0.323 e. The number of carbonyl (C=O) groups is 2. The van der Waals surface area contributed by atoms with Gasteiger partial charge in [-0.3, -0.25) is 4.79 Å². The molecule has 0 aromatic heterocycles. The van der Waals surface area contributed by atoms with Crippen molar-refractivity contribution in [1.82, 2.24) is 14.7 Å². The van der Waals surface area contributed by atoms with Crippen LogP contribution in [0.15, 0.2) is 11.9 Å². The van der Waals surface area contributed by atoms with Crippen LogP contribution in [0.5, 0.6) is 0 Å². The molecule has 0 aromatic rings. The number of amides is 3. The van der Waals surface area contributed by atoms with Crippen LogP contribution in [-0.4, -0.2) is 54.3 Å². The van der Waals surface area contributed by atoms with Crippen molar-refractivity contribution in [2.75, 3.05) is 27.7 Å². The highest BCUT2D eigenvalue weighted by molar-refractivity contribution is 5.76. The number of hydrogen-bond acceptors (Lipinski definition) is 2. The molecule has 0 heterocycles. The van der Waals surface area contributed by atoms with Crippen molar-refractivity contribution in [3.05, 3.63) is 11.9 Å². The van der Waals surface area contributed by atoms with Crippen molar-refractivity contribution < 1.29 is 9.59 Å². The van der Waals surface area contributed by atoms with E-state index in [1.165, 1.54) is 16.7 Å². The summed E-state index contributed by atoms with van der Waals surface area (Å²) in [7, 11) is 5.13. The molecule has 0 saturated heterocycles. The molecule has 0 bridgehead atoms. The summed E-state index contributed by atoms with van der Waals surface area (Å²) in [5, 5.41) is 0. The maximum absolute atomic E-state index is 11.9. The first-order chi connectivity index (χ1) is 7.81. The van der Waals surface area contributed by atoms with Gasteiger partial charge in [-0.25, -0.2) is 4.79 Å². The van der Waals surface area contributed by atoms with E-state index in [0.29, 0.717) is 0 Å². The van der Waals surface area contributed by atoms with Gasteiger partial charge in [-0.05, 0) is 13.3 Å². The van der Waals surface area contributed by atoms with Crippen LogP contribution in [0.25, 0.3) is 0 Å². The van der Waals surface area contributed by atoms with Crippen LogP contribution in [0.1, 0.15) is 27.2 Å². The second-order valence-electron chi connectivity index (χ2n) is 4.16. The predicted molar refractivity (Wildman–Crippen MR) is 68.3 cm³/mol. The highest BCUT2D eigenvalue weighted by Gasteiger charge is 2.13. The summed E-state index contributed by atoms with van der Waals surface area (Å²) in [5.41, 5.74) is 0.734. The van der Waals surface area contributed by atoms with Crippen molar-refractivity contribution in [3.63, 3.8) is 0 Å². The predicted octanol–water partition coefficient (Wildman–Crippen LogP) is 1.72. The third-order valence-corrected chi connectivity index (χ3v) is 2.57. The number of urea groups is 1. The number of nitrogens with zero attached hydrogens (tertiary/aromatic N) is 3. The van der Waals surface area contributed by atoms with Crippen LogP contribution >= 0.6 is 0 Å². The van der Waals surface area contributed by atoms with E-state index in [2.05, 4.69) is 0 Å². The molecule has 0 radical (unpaired) electrons. The lowest BCUT2D eigenvalue weighted by molar-refractivity contribution is -0.125. The molecular weight excluding hydrogens is 218 g/mol. The molecule has 5 heteroatoms. The monoisotopic (exact) mass is 241 g/mol. The topological polar surface area (TPSA) is 43.9 Å². The second kappa shape index (κ2) is 6.93. The maximum atomic E-state index is 11.9. The van der Waals surface area contributed by atoms with Crippen molar-refractivity contribution >= 4 is 11.9 Å². The smallest absolute Gasteiger partial charge is 0.323 e. The van der Waals surface area contributed by atoms with E-state index in [4.69, 9.17) is 0 Å². The SMILES string of the molecule is CCCN(C)C(=O)N(C)/C=C(\C)N(C)C(C)=O. The van der Waals surface area contributed by atoms with Crippen LogP contribution < -0.4 is 0 Å². The molecule has 3 amide bonds. The Hall–Kier alpha value is -1.52. The first-order valence-corrected chi connectivity index (χ1v) is 5.71. The Kier molecular flexibility index (Phi) is 6.31. The normalized spacial score (nSPS) is 11.1. The highest BCUT2D eigenvalue weighted by atomic mass is 16.2. The lowest BCUT2D eigenvalue weighted by Crippen LogP contribution is -2.37. The number of allylic oxidation sites excluding steroid dienone is 1. The first kappa shape index (κ1) is 15.5. The van der Waals surface area contributed by atoms with Gasteiger partial charge in [0.15, 0.2) is 0 Å². The average molecular weight is 241 g/mol. The van der Waals surface area contributed by atoms with Gasteiger partial charge in [0.05, 0.1) is 0 Å². The summed E-state index contributed by atoms with van der Waals surface area (Å²) in [6.07, 6.45) is 2.59. The molecule has 0 aliphatic heterocycles. The lowest BCUT2D eigenvalue weighted by Gasteiger charge is -2.24. The van der Waals surface area contributed by atoms with Gasteiger partial charge >= 0.3 is 6.03 Å². The number of hydrogen-bond donors (Lipinski definition) is 0. The molecule has 0 atom stereocenters. The van der Waals surface area contributed by atoms with Crippen LogP contribution in [0.3, 0.4) is 0 Å². The zero-order chi connectivity index (χ0) is 13.6. The van der Waals surface area contributed by atoms with Gasteiger partial charge in [-0.15, -0.1) is 0 Å². The third-order valence-electron chi connectivity index (χ3n) is 2.57. The van der Waals surface area contributed by atoms with E-state index >= 15 is 0 Å². The highest BCUT2D eigenvalue weighted by Crippen LogP contribution is 2.04. The summed E-state index contributed by atoms with van der Waals surface area (Å²) in [5.74, 6) is -0.0542. The van der Waals surface area contributed by atoms with Gasteiger partial charge in [0.2, 0.25) is 5.91 Å². The van der Waals surface area contributed by atoms with E-state index in [1.807, 2.05) is 6.92 Å². The molecule has 0 unspecified atom stereocenters. The molecular formula is C12H23N3O2. The quantitative estimate of drug-likeness (QED) is 0.752. The summed E-state index contributed by atoms with van der Waals surface area (Å²) in [6, 6.07) is -0.0804. The standard InChI is InChI=1S/C12H23N3O2/c1-7-8-13(4)12(17)14(5)9-10(2)15(6)11(3)16/h9H,7-8H2,1-6H3/b10-9+. The second-order valence-corrected chi connectivity index (χ2v) is 4.16. The van der Waals surface area contributed by atoms with Gasteiger partial charge in [-0.2, -0.15) is 0 Å². The Balaban J connectivity index is 4.61. The molecule has 17 heavy (non-hydrogen) atoms. The van der Waals surface area contributed by atoms with Crippen LogP contribution in [0.4, 0.5) is 4.79 Å². The molecule has 0 aromatic carbocycles. The molecule has 0 aliphatic carbocycles. The largest absolute Gasteiger partial charge is 0.327 e. The Morgan fingerprint density at radius 2 is 1.65 bits per heavy atom. The van der Waals surface area contributed by atoms with E-state index < -0.39 is 0 Å². The minimum atomic E-state index is -0.0804. The Labute approximate surface area is 104 Å². The molecule has 0 rings (SSSR count). The zero-order valence-electron chi connectivity index (χ0n) is 11.6. The summed E-state index contributed by atoms with van der Waals surface area (Å²) in [6.45, 7) is 6.03. The van der Waals surface area contributed by atoms with Gasteiger partial charge in [0, 0.05) is 46.5 Å². The van der Waals surface area contributed by atoms with Crippen molar-refractivity contribution in [2.45, 2.75) is 27.2 Å². The van der Waals surface area contributed by atoms with Crippen LogP contribution in [0.2, 0.25) is 0 Å². The fourth-order valence-electron chi connectivity index (χ4n) is 1.37. The number of rotatable bonds is 4. The fourth-order valence-corrected chi connectivity index (χ4v) is 1.37. The van der Waals surface area contributed by atoms with Gasteiger partial charge < -0.3 is 14.7 Å². The first-order valence-electron chi connectivity index (χ1n) is 5.71. The van der Waals surface area contributed by atoms with Gasteiger partial charge in [0.25, 0.3) is 0 Å². The molecule has 0 fully saturated rings. The number of carbonyl (C=O) groups excluding carboxylic acids is 2. The third kappa shape index (κ3) is 4.89. The van der Waals surface area contributed by atoms with E-state index in [1.54, 1.807) is 39.2 Å². The van der Waals surface area contributed by atoms with Crippen LogP contribution in [0, 0.1) is 0 Å². The molecule has 0 spiro atoms. The molecule has 5 nitrogen and oxygen atoms in total. The van der Waals surface area contributed by atoms with Crippen molar-refractivity contribution in [1.29, 1.82) is 0 Å². The average Bonchev–Trinajstić information content (AvgIpc) is 2.26. The molecule has 0 aliphatic rings. The van der Waals surface area contributed by atoms with Gasteiger partial charge in [0.1, 0.15) is 0 Å². The Morgan fingerprint density at radius 3 is 2.06 bits per heavy atom. The van der Waals surface area contributed by atoms with Gasteiger partial charge in [-0.1, -0.05) is 6.92 Å².